The third-order valence-electron chi connectivity index (χ3n) is 10.0. The van der Waals surface area contributed by atoms with Crippen LogP contribution in [0.3, 0.4) is 0 Å². The Morgan fingerprint density at radius 2 is 0.750 bits per heavy atom. The molecule has 0 atom stereocenters. The fourth-order valence-corrected chi connectivity index (χ4v) is 34.6. The molecule has 0 nitrogen and oxygen atoms in total. The first-order valence-electron chi connectivity index (χ1n) is 14.4. The Balaban J connectivity index is 1.56. The van der Waals surface area contributed by atoms with Crippen molar-refractivity contribution in [2.75, 3.05) is 0 Å². The van der Waals surface area contributed by atoms with Crippen LogP contribution in [0.2, 0.25) is 0 Å². The molecule has 0 bridgehead atoms. The normalized spacial score (nSPS) is 14.1. The number of hydrogen-bond donors (Lipinski definition) is 0. The average Bonchev–Trinajstić information content (AvgIpc) is 3.60. The van der Waals surface area contributed by atoms with E-state index in [4.69, 9.17) is 0 Å². The van der Waals surface area contributed by atoms with E-state index in [0.29, 0.717) is 0 Å². The maximum atomic E-state index is 2.53. The molecule has 40 heavy (non-hydrogen) atoms. The van der Waals surface area contributed by atoms with E-state index < -0.39 is 17.9 Å². The van der Waals surface area contributed by atoms with Crippen LogP contribution in [0.5, 0.6) is 0 Å². The summed E-state index contributed by atoms with van der Waals surface area (Å²) in [7, 11) is 1.07. The molecule has 191 valence electrons. The molecular formula is C38H31SiZr. The second kappa shape index (κ2) is 8.96. The van der Waals surface area contributed by atoms with Crippen LogP contribution >= 0.6 is 0 Å². The van der Waals surface area contributed by atoms with E-state index in [0.717, 1.165) is 20.2 Å². The van der Waals surface area contributed by atoms with Gasteiger partial charge in [0, 0.05) is 0 Å². The van der Waals surface area contributed by atoms with Gasteiger partial charge in [0.15, 0.2) is 0 Å². The molecule has 2 aliphatic carbocycles. The van der Waals surface area contributed by atoms with E-state index in [1.165, 1.54) is 33.4 Å². The fraction of sp³-hybridized carbons (Fsp3) is 0.0526. The summed E-state index contributed by atoms with van der Waals surface area (Å²) in [6, 6.07) is 56.0. The Hall–Kier alpha value is -3.58. The van der Waals surface area contributed by atoms with Crippen LogP contribution in [-0.2, 0) is 30.8 Å². The Kier molecular flexibility index (Phi) is 5.43. The van der Waals surface area contributed by atoms with E-state index in [-0.39, 0.29) is 0 Å². The number of hydrogen-bond acceptors (Lipinski definition) is 0. The number of benzene rings is 6. The average molecular weight is 607 g/mol. The molecule has 6 aromatic carbocycles. The van der Waals surface area contributed by atoms with Crippen molar-refractivity contribution in [3.8, 4) is 22.3 Å². The quantitative estimate of drug-likeness (QED) is 0.236. The van der Waals surface area contributed by atoms with Gasteiger partial charge in [0.05, 0.1) is 0 Å². The molecule has 6 aromatic rings. The molecule has 0 radical (unpaired) electrons. The van der Waals surface area contributed by atoms with Gasteiger partial charge < -0.3 is 0 Å². The summed E-state index contributed by atoms with van der Waals surface area (Å²) in [5.74, 6) is 0. The second-order valence-corrected chi connectivity index (χ2v) is 37.7. The molecule has 0 saturated carbocycles. The van der Waals surface area contributed by atoms with Gasteiger partial charge >= 0.3 is 241 Å². The molecule has 0 saturated heterocycles. The molecule has 0 aliphatic heterocycles. The summed E-state index contributed by atoms with van der Waals surface area (Å²) in [6.07, 6.45) is 2.03. The fourth-order valence-electron chi connectivity index (χ4n) is 8.13. The van der Waals surface area contributed by atoms with E-state index >= 15 is 0 Å². The van der Waals surface area contributed by atoms with Crippen molar-refractivity contribution in [1.29, 1.82) is 0 Å². The van der Waals surface area contributed by atoms with E-state index in [2.05, 4.69) is 146 Å². The molecule has 0 amide bonds. The Bertz CT molecular complexity index is 1780. The van der Waals surface area contributed by atoms with Gasteiger partial charge in [-0.15, -0.1) is 0 Å². The second-order valence-electron chi connectivity index (χ2n) is 11.8. The predicted molar refractivity (Wildman–Crippen MR) is 171 cm³/mol. The standard InChI is InChI=1S/2C13H9.2C6H5.H3Si.Zr/c2*1-3-7-12-10(5-1)9-11-6-2-4-8-13(11)12;2*1-2-4-6-5-3-1;;/h2*1-5,7-8H,9H2;2*1-5H;1H3;. The zero-order valence-corrected chi connectivity index (χ0v) is 27.2. The van der Waals surface area contributed by atoms with Crippen molar-refractivity contribution in [3.63, 3.8) is 0 Å². The SMILES string of the molecule is [SiH3][Zr]([c]1ccccc1)([c]1ccccc1)([c]1cccc2c1Cc1ccccc1-2)[c]1cccc2c1Cc1ccccc1-2. The summed E-state index contributed by atoms with van der Waals surface area (Å²) in [6.45, 7) is 0. The van der Waals surface area contributed by atoms with Gasteiger partial charge in [-0.2, -0.15) is 0 Å². The number of rotatable bonds is 4. The summed E-state index contributed by atoms with van der Waals surface area (Å²) in [5.41, 5.74) is 11.7. The third kappa shape index (κ3) is 3.15. The summed E-state index contributed by atoms with van der Waals surface area (Å²) in [4.78, 5) is 0. The Labute approximate surface area is 239 Å². The van der Waals surface area contributed by atoms with Crippen LogP contribution in [0.15, 0.2) is 146 Å². The molecule has 0 unspecified atom stereocenters. The van der Waals surface area contributed by atoms with Gasteiger partial charge in [0.1, 0.15) is 0 Å². The van der Waals surface area contributed by atoms with Crippen LogP contribution in [0, 0.1) is 0 Å². The minimum atomic E-state index is -4.45. The first-order chi connectivity index (χ1) is 19.7. The molecule has 2 heteroatoms. The zero-order chi connectivity index (χ0) is 26.8. The molecule has 0 spiro atoms. The van der Waals surface area contributed by atoms with E-state index in [1.807, 2.05) is 0 Å². The van der Waals surface area contributed by atoms with Crippen molar-refractivity contribution in [2.24, 2.45) is 0 Å². The molecular weight excluding hydrogens is 576 g/mol. The van der Waals surface area contributed by atoms with Crippen LogP contribution in [-0.4, -0.2) is 7.37 Å². The van der Waals surface area contributed by atoms with Crippen molar-refractivity contribution in [2.45, 2.75) is 12.8 Å². The topological polar surface area (TPSA) is 0 Å². The molecule has 2 aliphatic rings. The van der Waals surface area contributed by atoms with Gasteiger partial charge in [-0.3, -0.25) is 0 Å². The summed E-state index contributed by atoms with van der Waals surface area (Å²) >= 11 is -4.45. The van der Waals surface area contributed by atoms with Crippen molar-refractivity contribution in [1.82, 2.24) is 0 Å². The molecule has 0 N–H and O–H groups in total. The summed E-state index contributed by atoms with van der Waals surface area (Å²) < 4.78 is 6.41. The predicted octanol–water partition coefficient (Wildman–Crippen LogP) is 5.40. The van der Waals surface area contributed by atoms with Gasteiger partial charge in [0.2, 0.25) is 0 Å². The Morgan fingerprint density at radius 1 is 0.375 bits per heavy atom. The Morgan fingerprint density at radius 3 is 1.20 bits per heavy atom. The molecule has 0 fully saturated rings. The van der Waals surface area contributed by atoms with Crippen molar-refractivity contribution >= 4 is 20.5 Å². The molecule has 8 rings (SSSR count). The first-order valence-corrected chi connectivity index (χ1v) is 27.7. The zero-order valence-electron chi connectivity index (χ0n) is 22.8. The monoisotopic (exact) mass is 605 g/mol. The molecule has 0 aromatic heterocycles. The van der Waals surface area contributed by atoms with Crippen LogP contribution in [0.4, 0.5) is 0 Å². The minimum absolute atomic E-state index is 1.02. The van der Waals surface area contributed by atoms with E-state index in [1.54, 1.807) is 24.2 Å². The van der Waals surface area contributed by atoms with Crippen molar-refractivity contribution < 1.29 is 17.9 Å². The third-order valence-corrected chi connectivity index (χ3v) is 40.9. The van der Waals surface area contributed by atoms with Crippen LogP contribution in [0.25, 0.3) is 22.3 Å². The molecule has 0 heterocycles. The first kappa shape index (κ1) is 24.2. The van der Waals surface area contributed by atoms with Gasteiger partial charge in [-0.05, 0) is 0 Å². The van der Waals surface area contributed by atoms with Gasteiger partial charge in [-0.25, -0.2) is 0 Å². The summed E-state index contributed by atoms with van der Waals surface area (Å²) in [5, 5.41) is 0. The van der Waals surface area contributed by atoms with Gasteiger partial charge in [0.25, 0.3) is 0 Å². The van der Waals surface area contributed by atoms with Crippen molar-refractivity contribution in [3.05, 3.63) is 168 Å². The van der Waals surface area contributed by atoms with Gasteiger partial charge in [-0.1, -0.05) is 0 Å². The van der Waals surface area contributed by atoms with E-state index in [9.17, 15) is 0 Å². The number of fused-ring (bicyclic) bond motifs is 6. The van der Waals surface area contributed by atoms with Crippen LogP contribution in [0.1, 0.15) is 22.3 Å². The van der Waals surface area contributed by atoms with Crippen LogP contribution < -0.4 is 13.1 Å². The maximum absolute atomic E-state index is 4.45.